The van der Waals surface area contributed by atoms with Gasteiger partial charge in [-0.15, -0.1) is 0 Å². The molecular formula is C23H16ClFN6O. The number of aromatic nitrogens is 5. The van der Waals surface area contributed by atoms with Crippen molar-refractivity contribution in [1.82, 2.24) is 24.4 Å². The molecule has 32 heavy (non-hydrogen) atoms. The van der Waals surface area contributed by atoms with E-state index in [1.807, 2.05) is 12.3 Å². The number of hydrogen-bond donors (Lipinski definition) is 1. The van der Waals surface area contributed by atoms with Crippen LogP contribution in [-0.2, 0) is 7.05 Å². The maximum Gasteiger partial charge on any atom is 0.256 e. The summed E-state index contributed by atoms with van der Waals surface area (Å²) in [4.78, 5) is 16.9. The normalized spacial score (nSPS) is 11.1. The molecule has 0 aliphatic rings. The first-order valence-electron chi connectivity index (χ1n) is 9.71. The fraction of sp³-hybridized carbons (Fsp3) is 0.0435. The van der Waals surface area contributed by atoms with Gasteiger partial charge in [0, 0.05) is 29.9 Å². The molecule has 0 aliphatic carbocycles. The molecule has 2 aromatic carbocycles. The Morgan fingerprint density at radius 2 is 1.75 bits per heavy atom. The Hall–Kier alpha value is -4.04. The Morgan fingerprint density at radius 3 is 2.50 bits per heavy atom. The van der Waals surface area contributed by atoms with Crippen LogP contribution in [0.25, 0.3) is 28.2 Å². The number of carbonyl (C=O) groups excluding carboxylic acids is 1. The molecule has 0 saturated heterocycles. The molecule has 9 heteroatoms. The van der Waals surface area contributed by atoms with Crippen LogP contribution in [-0.4, -0.2) is 30.3 Å². The molecule has 5 rings (SSSR count). The van der Waals surface area contributed by atoms with Crippen LogP contribution in [0, 0.1) is 5.82 Å². The summed E-state index contributed by atoms with van der Waals surface area (Å²) in [5.41, 5.74) is 3.75. The molecule has 3 heterocycles. The van der Waals surface area contributed by atoms with Crippen LogP contribution in [0.1, 0.15) is 10.4 Å². The minimum absolute atomic E-state index is 0.179. The van der Waals surface area contributed by atoms with Crippen LogP contribution in [0.2, 0.25) is 5.15 Å². The SMILES string of the molecule is Cn1cc(-c2ccc3nc(NC(=O)c4ccccc4)c(Cl)n3n2)c(-c2ccc(F)cc2)n1. The van der Waals surface area contributed by atoms with E-state index in [1.54, 1.807) is 60.3 Å². The molecule has 0 fully saturated rings. The van der Waals surface area contributed by atoms with E-state index in [4.69, 9.17) is 11.6 Å². The van der Waals surface area contributed by atoms with E-state index in [0.29, 0.717) is 22.6 Å². The number of benzene rings is 2. The summed E-state index contributed by atoms with van der Waals surface area (Å²) in [6, 6.07) is 18.5. The van der Waals surface area contributed by atoms with E-state index < -0.39 is 0 Å². The van der Waals surface area contributed by atoms with Gasteiger partial charge in [-0.3, -0.25) is 9.48 Å². The molecule has 158 valence electrons. The third-order valence-corrected chi connectivity index (χ3v) is 5.25. The number of nitrogens with one attached hydrogen (secondary N) is 1. The van der Waals surface area contributed by atoms with Gasteiger partial charge in [0.25, 0.3) is 5.91 Å². The zero-order valence-electron chi connectivity index (χ0n) is 16.8. The monoisotopic (exact) mass is 446 g/mol. The molecule has 7 nitrogen and oxygen atoms in total. The Morgan fingerprint density at radius 1 is 1.00 bits per heavy atom. The van der Waals surface area contributed by atoms with Gasteiger partial charge in [0.1, 0.15) is 11.5 Å². The van der Waals surface area contributed by atoms with E-state index in [1.165, 1.54) is 16.6 Å². The minimum Gasteiger partial charge on any atom is -0.304 e. The van der Waals surface area contributed by atoms with Crippen LogP contribution >= 0.6 is 11.6 Å². The smallest absolute Gasteiger partial charge is 0.256 e. The van der Waals surface area contributed by atoms with Gasteiger partial charge in [-0.1, -0.05) is 29.8 Å². The minimum atomic E-state index is -0.318. The third kappa shape index (κ3) is 3.61. The maximum absolute atomic E-state index is 13.4. The van der Waals surface area contributed by atoms with E-state index in [9.17, 15) is 9.18 Å². The number of aryl methyl sites for hydroxylation is 1. The molecule has 0 atom stereocenters. The number of carbonyl (C=O) groups is 1. The molecule has 0 unspecified atom stereocenters. The number of amides is 1. The second-order valence-electron chi connectivity index (χ2n) is 7.13. The van der Waals surface area contributed by atoms with Gasteiger partial charge < -0.3 is 5.32 Å². The first-order chi connectivity index (χ1) is 15.5. The Kier molecular flexibility index (Phi) is 4.91. The van der Waals surface area contributed by atoms with Crippen LogP contribution in [0.15, 0.2) is 72.9 Å². The van der Waals surface area contributed by atoms with Gasteiger partial charge in [-0.2, -0.15) is 14.7 Å². The lowest BCUT2D eigenvalue weighted by Gasteiger charge is -2.04. The number of rotatable bonds is 4. The van der Waals surface area contributed by atoms with E-state index in [-0.39, 0.29) is 22.7 Å². The van der Waals surface area contributed by atoms with Crippen molar-refractivity contribution in [2.75, 3.05) is 5.32 Å². The first kappa shape index (κ1) is 19.9. The summed E-state index contributed by atoms with van der Waals surface area (Å²) in [7, 11) is 1.80. The second kappa shape index (κ2) is 7.90. The lowest BCUT2D eigenvalue weighted by atomic mass is 10.1. The Bertz CT molecular complexity index is 1440. The molecule has 0 bridgehead atoms. The van der Waals surface area contributed by atoms with Crippen LogP contribution in [0.3, 0.4) is 0 Å². The van der Waals surface area contributed by atoms with Crippen molar-refractivity contribution in [1.29, 1.82) is 0 Å². The van der Waals surface area contributed by atoms with Gasteiger partial charge in [-0.05, 0) is 48.5 Å². The molecule has 0 radical (unpaired) electrons. The number of imidazole rings is 1. The highest BCUT2D eigenvalue weighted by atomic mass is 35.5. The van der Waals surface area contributed by atoms with Gasteiger partial charge in [0.05, 0.1) is 5.69 Å². The molecule has 0 aliphatic heterocycles. The summed E-state index contributed by atoms with van der Waals surface area (Å²) in [5, 5.41) is 12.0. The molecule has 0 spiro atoms. The Balaban J connectivity index is 1.53. The lowest BCUT2D eigenvalue weighted by molar-refractivity contribution is 0.102. The van der Waals surface area contributed by atoms with Gasteiger partial charge in [-0.25, -0.2) is 9.37 Å². The Labute approximate surface area is 187 Å². The highest BCUT2D eigenvalue weighted by Crippen LogP contribution is 2.31. The predicted octanol–water partition coefficient (Wildman–Crippen LogP) is 4.84. The number of nitrogens with zero attached hydrogens (tertiary/aromatic N) is 5. The summed E-state index contributed by atoms with van der Waals surface area (Å²) < 4.78 is 16.5. The van der Waals surface area contributed by atoms with Crippen molar-refractivity contribution in [2.45, 2.75) is 0 Å². The van der Waals surface area contributed by atoms with Crippen molar-refractivity contribution in [3.05, 3.63) is 89.5 Å². The van der Waals surface area contributed by atoms with E-state index in [0.717, 1.165) is 11.1 Å². The van der Waals surface area contributed by atoms with Crippen LogP contribution < -0.4 is 5.32 Å². The van der Waals surface area contributed by atoms with Crippen molar-refractivity contribution >= 4 is 29.0 Å². The summed E-state index contributed by atoms with van der Waals surface area (Å²) in [6.45, 7) is 0. The summed E-state index contributed by atoms with van der Waals surface area (Å²) in [5.74, 6) is -0.418. The molecule has 3 aromatic heterocycles. The lowest BCUT2D eigenvalue weighted by Crippen LogP contribution is -2.12. The number of fused-ring (bicyclic) bond motifs is 1. The standard InChI is InChI=1S/C23H16ClFN6O/c1-30-13-17(20(29-30)14-7-9-16(25)10-8-14)18-11-12-19-26-22(21(24)31(19)28-18)27-23(32)15-5-3-2-4-6-15/h2-13H,1H3,(H,27,32). The summed E-state index contributed by atoms with van der Waals surface area (Å²) >= 11 is 6.49. The maximum atomic E-state index is 13.4. The fourth-order valence-corrected chi connectivity index (χ4v) is 3.61. The van der Waals surface area contributed by atoms with Crippen molar-refractivity contribution in [2.24, 2.45) is 7.05 Å². The molecular weight excluding hydrogens is 431 g/mol. The van der Waals surface area contributed by atoms with Gasteiger partial charge in [0.15, 0.2) is 16.6 Å². The van der Waals surface area contributed by atoms with Crippen LogP contribution in [0.5, 0.6) is 0 Å². The molecule has 1 amide bonds. The van der Waals surface area contributed by atoms with Gasteiger partial charge >= 0.3 is 0 Å². The highest BCUT2D eigenvalue weighted by Gasteiger charge is 2.18. The summed E-state index contributed by atoms with van der Waals surface area (Å²) in [6.07, 6.45) is 1.83. The van der Waals surface area contributed by atoms with Crippen molar-refractivity contribution < 1.29 is 9.18 Å². The molecule has 5 aromatic rings. The fourth-order valence-electron chi connectivity index (χ4n) is 3.40. The quantitative estimate of drug-likeness (QED) is 0.428. The highest BCUT2D eigenvalue weighted by molar-refractivity contribution is 6.33. The van der Waals surface area contributed by atoms with Crippen LogP contribution in [0.4, 0.5) is 10.2 Å². The van der Waals surface area contributed by atoms with E-state index in [2.05, 4.69) is 20.5 Å². The zero-order chi connectivity index (χ0) is 22.2. The number of anilines is 1. The molecule has 0 saturated carbocycles. The largest absolute Gasteiger partial charge is 0.304 e. The average molecular weight is 447 g/mol. The second-order valence-corrected chi connectivity index (χ2v) is 7.49. The predicted molar refractivity (Wildman–Crippen MR) is 120 cm³/mol. The average Bonchev–Trinajstić information content (AvgIpc) is 3.34. The third-order valence-electron chi connectivity index (χ3n) is 4.91. The van der Waals surface area contributed by atoms with Crippen molar-refractivity contribution in [3.8, 4) is 22.5 Å². The zero-order valence-corrected chi connectivity index (χ0v) is 17.6. The molecule has 1 N–H and O–H groups in total. The first-order valence-corrected chi connectivity index (χ1v) is 10.1. The topological polar surface area (TPSA) is 77.1 Å². The number of hydrogen-bond acceptors (Lipinski definition) is 4. The van der Waals surface area contributed by atoms with E-state index >= 15 is 0 Å². The van der Waals surface area contributed by atoms with Gasteiger partial charge in [0.2, 0.25) is 0 Å². The van der Waals surface area contributed by atoms with Crippen molar-refractivity contribution in [3.63, 3.8) is 0 Å². The number of halogens is 2.